The highest BCUT2D eigenvalue weighted by atomic mass is 16.3. The van der Waals surface area contributed by atoms with E-state index in [0.717, 1.165) is 17.5 Å². The van der Waals surface area contributed by atoms with Crippen LogP contribution in [0, 0.1) is 6.92 Å². The predicted molar refractivity (Wildman–Crippen MR) is 45.5 cm³/mol. The monoisotopic (exact) mass is 162 g/mol. The molecule has 2 rings (SSSR count). The molecule has 0 spiro atoms. The van der Waals surface area contributed by atoms with Gasteiger partial charge in [-0.2, -0.15) is 0 Å². The molecule has 0 heterocycles. The van der Waals surface area contributed by atoms with Crippen molar-refractivity contribution >= 4 is 5.78 Å². The molecular formula is C10H10O2. The number of hydrogen-bond acceptors (Lipinski definition) is 2. The normalized spacial score (nSPS) is 14.9. The van der Waals surface area contributed by atoms with Gasteiger partial charge in [-0.1, -0.05) is 6.07 Å². The Labute approximate surface area is 70.8 Å². The molecule has 2 nitrogen and oxygen atoms in total. The Bertz CT molecular complexity index is 353. The number of aromatic hydroxyl groups is 1. The number of carbonyl (C=O) groups is 1. The summed E-state index contributed by atoms with van der Waals surface area (Å²) in [6.07, 6.45) is 1.33. The van der Waals surface area contributed by atoms with Gasteiger partial charge in [-0.25, -0.2) is 0 Å². The largest absolute Gasteiger partial charge is 0.507 e. The van der Waals surface area contributed by atoms with E-state index in [0.29, 0.717) is 12.0 Å². The lowest BCUT2D eigenvalue weighted by Crippen LogP contribution is -1.92. The molecule has 0 amide bonds. The van der Waals surface area contributed by atoms with Crippen molar-refractivity contribution in [1.82, 2.24) is 0 Å². The number of fused-ring (bicyclic) bond motifs is 1. The summed E-state index contributed by atoms with van der Waals surface area (Å²) in [4.78, 5) is 11.2. The molecule has 1 aromatic carbocycles. The lowest BCUT2D eigenvalue weighted by Gasteiger charge is -2.02. The van der Waals surface area contributed by atoms with E-state index in [4.69, 9.17) is 0 Å². The zero-order valence-electron chi connectivity index (χ0n) is 6.92. The van der Waals surface area contributed by atoms with Gasteiger partial charge in [-0.3, -0.25) is 4.79 Å². The van der Waals surface area contributed by atoms with Crippen molar-refractivity contribution in [3.63, 3.8) is 0 Å². The van der Waals surface area contributed by atoms with E-state index in [1.54, 1.807) is 6.07 Å². The topological polar surface area (TPSA) is 37.3 Å². The Morgan fingerprint density at radius 2 is 2.08 bits per heavy atom. The average Bonchev–Trinajstić information content (AvgIpc) is 2.31. The van der Waals surface area contributed by atoms with Crippen molar-refractivity contribution in [2.75, 3.05) is 0 Å². The molecule has 1 aliphatic rings. The molecule has 0 saturated carbocycles. The number of aryl methyl sites for hydroxylation is 2. The smallest absolute Gasteiger partial charge is 0.167 e. The van der Waals surface area contributed by atoms with Gasteiger partial charge in [0, 0.05) is 6.42 Å². The van der Waals surface area contributed by atoms with Crippen LogP contribution in [0.4, 0.5) is 0 Å². The minimum atomic E-state index is 0.0718. The van der Waals surface area contributed by atoms with E-state index < -0.39 is 0 Å². The highest BCUT2D eigenvalue weighted by molar-refractivity contribution is 6.02. The molecule has 0 radical (unpaired) electrons. The quantitative estimate of drug-likeness (QED) is 0.631. The van der Waals surface area contributed by atoms with Crippen LogP contribution in [-0.2, 0) is 6.42 Å². The second-order valence-electron chi connectivity index (χ2n) is 3.24. The molecule has 12 heavy (non-hydrogen) atoms. The summed E-state index contributed by atoms with van der Waals surface area (Å²) in [6, 6.07) is 3.61. The summed E-state index contributed by atoms with van der Waals surface area (Å²) < 4.78 is 0. The predicted octanol–water partition coefficient (Wildman–Crippen LogP) is 1.83. The zero-order valence-corrected chi connectivity index (χ0v) is 6.92. The van der Waals surface area contributed by atoms with E-state index in [1.807, 2.05) is 13.0 Å². The van der Waals surface area contributed by atoms with Gasteiger partial charge in [-0.15, -0.1) is 0 Å². The number of carbonyl (C=O) groups excluding carboxylic acids is 1. The number of phenols is 1. The molecule has 1 aromatic rings. The third kappa shape index (κ3) is 0.916. The third-order valence-electron chi connectivity index (χ3n) is 2.24. The fraction of sp³-hybridized carbons (Fsp3) is 0.300. The van der Waals surface area contributed by atoms with Gasteiger partial charge >= 0.3 is 0 Å². The van der Waals surface area contributed by atoms with Crippen LogP contribution in [-0.4, -0.2) is 10.9 Å². The first kappa shape index (κ1) is 7.35. The molecule has 0 aliphatic heterocycles. The zero-order chi connectivity index (χ0) is 8.72. The van der Waals surface area contributed by atoms with Crippen molar-refractivity contribution in [3.05, 3.63) is 28.8 Å². The van der Waals surface area contributed by atoms with Crippen LogP contribution < -0.4 is 0 Å². The van der Waals surface area contributed by atoms with Crippen LogP contribution in [0.1, 0.15) is 27.9 Å². The van der Waals surface area contributed by atoms with Gasteiger partial charge in [0.05, 0.1) is 5.56 Å². The van der Waals surface area contributed by atoms with Gasteiger partial charge in [-0.05, 0) is 30.5 Å². The van der Waals surface area contributed by atoms with Gasteiger partial charge in [0.25, 0.3) is 0 Å². The fourth-order valence-electron chi connectivity index (χ4n) is 1.73. The second kappa shape index (κ2) is 2.34. The number of ketones is 1. The minimum absolute atomic E-state index is 0.0718. The average molecular weight is 162 g/mol. The first-order valence-electron chi connectivity index (χ1n) is 4.04. The Morgan fingerprint density at radius 3 is 2.83 bits per heavy atom. The molecule has 0 atom stereocenters. The molecule has 0 aromatic heterocycles. The van der Waals surface area contributed by atoms with Gasteiger partial charge in [0.1, 0.15) is 5.75 Å². The fourth-order valence-corrected chi connectivity index (χ4v) is 1.73. The van der Waals surface area contributed by atoms with Crippen LogP contribution in [0.15, 0.2) is 12.1 Å². The second-order valence-corrected chi connectivity index (χ2v) is 3.24. The van der Waals surface area contributed by atoms with E-state index in [2.05, 4.69) is 0 Å². The van der Waals surface area contributed by atoms with E-state index >= 15 is 0 Å². The molecule has 1 aliphatic carbocycles. The van der Waals surface area contributed by atoms with Crippen molar-refractivity contribution in [3.8, 4) is 5.75 Å². The lowest BCUT2D eigenvalue weighted by molar-refractivity contribution is 0.0992. The number of rotatable bonds is 0. The number of phenolic OH excluding ortho intramolecular Hbond substituents is 1. The third-order valence-corrected chi connectivity index (χ3v) is 2.24. The van der Waals surface area contributed by atoms with E-state index in [9.17, 15) is 9.90 Å². The molecule has 0 bridgehead atoms. The summed E-state index contributed by atoms with van der Waals surface area (Å²) in [5, 5.41) is 9.46. The van der Waals surface area contributed by atoms with E-state index in [-0.39, 0.29) is 11.5 Å². The summed E-state index contributed by atoms with van der Waals surface area (Å²) in [6.45, 7) is 1.92. The van der Waals surface area contributed by atoms with Crippen molar-refractivity contribution in [2.24, 2.45) is 0 Å². The number of Topliss-reactive ketones (excluding diaryl/α,β-unsaturated/α-hetero) is 1. The molecule has 62 valence electrons. The van der Waals surface area contributed by atoms with Crippen LogP contribution >= 0.6 is 0 Å². The molecule has 2 heteroatoms. The van der Waals surface area contributed by atoms with Crippen LogP contribution in [0.5, 0.6) is 5.75 Å². The first-order chi connectivity index (χ1) is 5.68. The van der Waals surface area contributed by atoms with Gasteiger partial charge in [0.15, 0.2) is 5.78 Å². The summed E-state index contributed by atoms with van der Waals surface area (Å²) in [7, 11) is 0. The Kier molecular flexibility index (Phi) is 1.43. The van der Waals surface area contributed by atoms with Crippen molar-refractivity contribution < 1.29 is 9.90 Å². The van der Waals surface area contributed by atoms with Gasteiger partial charge < -0.3 is 5.11 Å². The van der Waals surface area contributed by atoms with Crippen molar-refractivity contribution in [2.45, 2.75) is 19.8 Å². The van der Waals surface area contributed by atoms with Gasteiger partial charge in [0.2, 0.25) is 0 Å². The van der Waals surface area contributed by atoms with Crippen LogP contribution in [0.2, 0.25) is 0 Å². The number of benzene rings is 1. The highest BCUT2D eigenvalue weighted by Crippen LogP contribution is 2.30. The van der Waals surface area contributed by atoms with Crippen LogP contribution in [0.25, 0.3) is 0 Å². The Balaban J connectivity index is 2.68. The molecule has 0 saturated heterocycles. The highest BCUT2D eigenvalue weighted by Gasteiger charge is 2.22. The SMILES string of the molecule is Cc1cc(O)c2c(c1)CCC2=O. The first-order valence-corrected chi connectivity index (χ1v) is 4.04. The minimum Gasteiger partial charge on any atom is -0.507 e. The van der Waals surface area contributed by atoms with E-state index in [1.165, 1.54) is 0 Å². The standard InChI is InChI=1S/C10H10O2/c1-6-4-7-2-3-8(11)10(7)9(12)5-6/h4-5,12H,2-3H2,1H3. The summed E-state index contributed by atoms with van der Waals surface area (Å²) >= 11 is 0. The Hall–Kier alpha value is -1.31. The molecule has 0 fully saturated rings. The molecule has 0 unspecified atom stereocenters. The number of hydrogen-bond donors (Lipinski definition) is 1. The summed E-state index contributed by atoms with van der Waals surface area (Å²) in [5.41, 5.74) is 2.55. The van der Waals surface area contributed by atoms with Crippen molar-refractivity contribution in [1.29, 1.82) is 0 Å². The summed E-state index contributed by atoms with van der Waals surface area (Å²) in [5.74, 6) is 0.218. The maximum atomic E-state index is 11.2. The molecular weight excluding hydrogens is 152 g/mol. The maximum Gasteiger partial charge on any atom is 0.167 e. The molecule has 1 N–H and O–H groups in total. The Morgan fingerprint density at radius 1 is 1.33 bits per heavy atom. The maximum absolute atomic E-state index is 11.2. The lowest BCUT2D eigenvalue weighted by atomic mass is 10.1. The van der Waals surface area contributed by atoms with Crippen LogP contribution in [0.3, 0.4) is 0 Å².